The Morgan fingerprint density at radius 1 is 1.05 bits per heavy atom. The fourth-order valence-electron chi connectivity index (χ4n) is 2.03. The van der Waals surface area contributed by atoms with E-state index in [1.54, 1.807) is 24.4 Å². The molecular weight excluding hydrogens is 250 g/mol. The molecule has 0 unspecified atom stereocenters. The molecule has 0 fully saturated rings. The molecule has 98 valence electrons. The van der Waals surface area contributed by atoms with Crippen LogP contribution in [0, 0.1) is 6.92 Å². The average molecular weight is 263 g/mol. The van der Waals surface area contributed by atoms with E-state index in [1.807, 2.05) is 37.3 Å². The summed E-state index contributed by atoms with van der Waals surface area (Å²) in [6, 6.07) is 14.9. The van der Waals surface area contributed by atoms with Gasteiger partial charge in [0, 0.05) is 17.3 Å². The lowest BCUT2D eigenvalue weighted by atomic mass is 10.1. The quantitative estimate of drug-likeness (QED) is 0.772. The number of carbonyl (C=O) groups is 1. The SMILES string of the molecule is Cc1ccc2cccc(NC(=O)c3ccccn3)c2n1. The van der Waals surface area contributed by atoms with Crippen molar-refractivity contribution in [1.29, 1.82) is 0 Å². The lowest BCUT2D eigenvalue weighted by Crippen LogP contribution is -2.13. The van der Waals surface area contributed by atoms with Crippen molar-refractivity contribution in [3.05, 3.63) is 66.1 Å². The van der Waals surface area contributed by atoms with Crippen LogP contribution in [0.25, 0.3) is 10.9 Å². The van der Waals surface area contributed by atoms with Gasteiger partial charge in [-0.05, 0) is 31.2 Å². The van der Waals surface area contributed by atoms with Gasteiger partial charge in [0.15, 0.2) is 0 Å². The Labute approximate surface area is 116 Å². The van der Waals surface area contributed by atoms with Gasteiger partial charge in [-0.15, -0.1) is 0 Å². The van der Waals surface area contributed by atoms with Crippen molar-refractivity contribution in [2.24, 2.45) is 0 Å². The largest absolute Gasteiger partial charge is 0.319 e. The second kappa shape index (κ2) is 5.09. The number of rotatable bonds is 2. The number of aryl methyl sites for hydroxylation is 1. The summed E-state index contributed by atoms with van der Waals surface area (Å²) in [7, 11) is 0. The monoisotopic (exact) mass is 263 g/mol. The number of nitrogens with one attached hydrogen (secondary N) is 1. The molecule has 1 N–H and O–H groups in total. The number of fused-ring (bicyclic) bond motifs is 1. The summed E-state index contributed by atoms with van der Waals surface area (Å²) in [6.45, 7) is 1.93. The van der Waals surface area contributed by atoms with Crippen LogP contribution in [0.5, 0.6) is 0 Å². The van der Waals surface area contributed by atoms with E-state index in [0.717, 1.165) is 16.6 Å². The highest BCUT2D eigenvalue weighted by Crippen LogP contribution is 2.22. The van der Waals surface area contributed by atoms with Crippen LogP contribution >= 0.6 is 0 Å². The van der Waals surface area contributed by atoms with Crippen LogP contribution in [-0.2, 0) is 0 Å². The normalized spacial score (nSPS) is 10.4. The third-order valence-corrected chi connectivity index (χ3v) is 3.01. The van der Waals surface area contributed by atoms with Crippen molar-refractivity contribution < 1.29 is 4.79 Å². The summed E-state index contributed by atoms with van der Waals surface area (Å²) < 4.78 is 0. The molecule has 0 aliphatic rings. The van der Waals surface area contributed by atoms with Gasteiger partial charge in [-0.25, -0.2) is 0 Å². The van der Waals surface area contributed by atoms with Crippen LogP contribution < -0.4 is 5.32 Å². The van der Waals surface area contributed by atoms with Crippen LogP contribution in [0.2, 0.25) is 0 Å². The van der Waals surface area contributed by atoms with E-state index in [-0.39, 0.29) is 5.91 Å². The van der Waals surface area contributed by atoms with Gasteiger partial charge in [0.25, 0.3) is 5.91 Å². The Kier molecular flexibility index (Phi) is 3.13. The molecule has 0 saturated carbocycles. The topological polar surface area (TPSA) is 54.9 Å². The van der Waals surface area contributed by atoms with Gasteiger partial charge in [-0.1, -0.05) is 24.3 Å². The second-order valence-corrected chi connectivity index (χ2v) is 4.50. The van der Waals surface area contributed by atoms with Crippen LogP contribution in [-0.4, -0.2) is 15.9 Å². The second-order valence-electron chi connectivity index (χ2n) is 4.50. The van der Waals surface area contributed by atoms with Crippen molar-refractivity contribution in [3.8, 4) is 0 Å². The molecule has 0 aliphatic carbocycles. The van der Waals surface area contributed by atoms with Gasteiger partial charge in [0.2, 0.25) is 0 Å². The lowest BCUT2D eigenvalue weighted by Gasteiger charge is -2.08. The zero-order valence-electron chi connectivity index (χ0n) is 11.0. The number of anilines is 1. The molecule has 0 saturated heterocycles. The first-order valence-electron chi connectivity index (χ1n) is 6.33. The molecule has 0 radical (unpaired) electrons. The molecular formula is C16H13N3O. The van der Waals surface area contributed by atoms with Crippen LogP contribution in [0.1, 0.15) is 16.2 Å². The summed E-state index contributed by atoms with van der Waals surface area (Å²) in [6.07, 6.45) is 1.60. The number of aromatic nitrogens is 2. The van der Waals surface area contributed by atoms with Crippen LogP contribution in [0.15, 0.2) is 54.7 Å². The minimum absolute atomic E-state index is 0.235. The number of amides is 1. The maximum atomic E-state index is 12.1. The number of carbonyl (C=O) groups excluding carboxylic acids is 1. The van der Waals surface area contributed by atoms with Crippen LogP contribution in [0.4, 0.5) is 5.69 Å². The Balaban J connectivity index is 1.99. The van der Waals surface area contributed by atoms with E-state index >= 15 is 0 Å². The number of nitrogens with zero attached hydrogens (tertiary/aromatic N) is 2. The summed E-state index contributed by atoms with van der Waals surface area (Å²) in [4.78, 5) is 20.7. The predicted octanol–water partition coefficient (Wildman–Crippen LogP) is 3.19. The van der Waals surface area contributed by atoms with E-state index < -0.39 is 0 Å². The third-order valence-electron chi connectivity index (χ3n) is 3.01. The molecule has 3 rings (SSSR count). The zero-order chi connectivity index (χ0) is 13.9. The van der Waals surface area contributed by atoms with E-state index in [9.17, 15) is 4.79 Å². The van der Waals surface area contributed by atoms with E-state index in [1.165, 1.54) is 0 Å². The summed E-state index contributed by atoms with van der Waals surface area (Å²) in [5.74, 6) is -0.235. The van der Waals surface area contributed by atoms with Crippen molar-refractivity contribution in [2.45, 2.75) is 6.92 Å². The van der Waals surface area contributed by atoms with Gasteiger partial charge in [-0.3, -0.25) is 14.8 Å². The number of benzene rings is 1. The number of hydrogen-bond donors (Lipinski definition) is 1. The molecule has 0 spiro atoms. The Morgan fingerprint density at radius 3 is 2.75 bits per heavy atom. The standard InChI is InChI=1S/C16H13N3O/c1-11-8-9-12-5-4-7-13(15(12)18-11)19-16(20)14-6-2-3-10-17-14/h2-10H,1H3,(H,19,20). The van der Waals surface area contributed by atoms with Gasteiger partial charge < -0.3 is 5.32 Å². The molecule has 0 aliphatic heterocycles. The number of hydrogen-bond acceptors (Lipinski definition) is 3. The first-order valence-corrected chi connectivity index (χ1v) is 6.33. The highest BCUT2D eigenvalue weighted by molar-refractivity contribution is 6.07. The minimum Gasteiger partial charge on any atom is -0.319 e. The van der Waals surface area contributed by atoms with Gasteiger partial charge in [-0.2, -0.15) is 0 Å². The fourth-order valence-corrected chi connectivity index (χ4v) is 2.03. The van der Waals surface area contributed by atoms with E-state index in [0.29, 0.717) is 11.4 Å². The summed E-state index contributed by atoms with van der Waals surface area (Å²) >= 11 is 0. The number of pyridine rings is 2. The van der Waals surface area contributed by atoms with E-state index in [4.69, 9.17) is 0 Å². The number of para-hydroxylation sites is 1. The molecule has 2 heterocycles. The fraction of sp³-hybridized carbons (Fsp3) is 0.0625. The van der Waals surface area contributed by atoms with Crippen molar-refractivity contribution in [1.82, 2.24) is 9.97 Å². The molecule has 3 aromatic rings. The highest BCUT2D eigenvalue weighted by atomic mass is 16.1. The first kappa shape index (κ1) is 12.3. The summed E-state index contributed by atoms with van der Waals surface area (Å²) in [5, 5.41) is 3.86. The van der Waals surface area contributed by atoms with Crippen molar-refractivity contribution >= 4 is 22.5 Å². The zero-order valence-corrected chi connectivity index (χ0v) is 11.0. The van der Waals surface area contributed by atoms with Crippen LogP contribution in [0.3, 0.4) is 0 Å². The van der Waals surface area contributed by atoms with Gasteiger partial charge in [0.05, 0.1) is 11.2 Å². The lowest BCUT2D eigenvalue weighted by molar-refractivity contribution is 0.102. The molecule has 20 heavy (non-hydrogen) atoms. The summed E-state index contributed by atoms with van der Waals surface area (Å²) in [5.41, 5.74) is 2.79. The molecule has 2 aromatic heterocycles. The maximum Gasteiger partial charge on any atom is 0.274 e. The Hall–Kier alpha value is -2.75. The van der Waals surface area contributed by atoms with Crippen molar-refractivity contribution in [3.63, 3.8) is 0 Å². The minimum atomic E-state index is -0.235. The smallest absolute Gasteiger partial charge is 0.274 e. The molecule has 0 bridgehead atoms. The molecule has 4 nitrogen and oxygen atoms in total. The van der Waals surface area contributed by atoms with E-state index in [2.05, 4.69) is 15.3 Å². The highest BCUT2D eigenvalue weighted by Gasteiger charge is 2.09. The molecule has 1 amide bonds. The molecule has 1 aromatic carbocycles. The maximum absolute atomic E-state index is 12.1. The average Bonchev–Trinajstić information content (AvgIpc) is 2.49. The Bertz CT molecular complexity index is 769. The predicted molar refractivity (Wildman–Crippen MR) is 78.7 cm³/mol. The molecule has 0 atom stereocenters. The Morgan fingerprint density at radius 2 is 1.95 bits per heavy atom. The van der Waals surface area contributed by atoms with Gasteiger partial charge in [0.1, 0.15) is 5.69 Å². The third kappa shape index (κ3) is 2.36. The first-order chi connectivity index (χ1) is 9.74. The molecule has 4 heteroatoms. The van der Waals surface area contributed by atoms with Crippen molar-refractivity contribution in [2.75, 3.05) is 5.32 Å². The van der Waals surface area contributed by atoms with Gasteiger partial charge >= 0.3 is 0 Å².